The van der Waals surface area contributed by atoms with Crippen LogP contribution in [0.3, 0.4) is 0 Å². The molecule has 0 unspecified atom stereocenters. The molecule has 0 bridgehead atoms. The third-order valence-corrected chi connectivity index (χ3v) is 5.69. The SMILES string of the molecule is Cc1ccc(N2C(=O)[C@H]3N=NN(CC(=O)Nc4cc(Cl)ccc4C)[C@H]3C2=O)cc1Cl. The number of hydrogen-bond donors (Lipinski definition) is 1. The van der Waals surface area contributed by atoms with Gasteiger partial charge in [-0.05, 0) is 49.2 Å². The fourth-order valence-corrected chi connectivity index (χ4v) is 3.74. The molecule has 10 heteroatoms. The highest BCUT2D eigenvalue weighted by Gasteiger charge is 2.55. The molecular weight excluding hydrogens is 429 g/mol. The molecule has 1 fully saturated rings. The van der Waals surface area contributed by atoms with Crippen LogP contribution in [0.15, 0.2) is 46.7 Å². The summed E-state index contributed by atoms with van der Waals surface area (Å²) in [5.41, 5.74) is 2.59. The van der Waals surface area contributed by atoms with Gasteiger partial charge in [0.15, 0.2) is 12.1 Å². The van der Waals surface area contributed by atoms with Gasteiger partial charge in [-0.2, -0.15) is 5.11 Å². The number of carbonyl (C=O) groups excluding carboxylic acids is 3. The first kappa shape index (κ1) is 20.3. The molecule has 2 aromatic carbocycles. The summed E-state index contributed by atoms with van der Waals surface area (Å²) in [4.78, 5) is 39.3. The summed E-state index contributed by atoms with van der Waals surface area (Å²) in [5, 5.41) is 12.7. The third kappa shape index (κ3) is 3.53. The van der Waals surface area contributed by atoms with Gasteiger partial charge in [0, 0.05) is 15.7 Å². The third-order valence-electron chi connectivity index (χ3n) is 5.05. The number of hydrogen-bond acceptors (Lipinski definition) is 6. The molecule has 8 nitrogen and oxygen atoms in total. The van der Waals surface area contributed by atoms with E-state index in [1.807, 2.05) is 13.8 Å². The smallest absolute Gasteiger partial charge is 0.263 e. The molecule has 2 aliphatic heterocycles. The van der Waals surface area contributed by atoms with Gasteiger partial charge in [-0.3, -0.25) is 19.4 Å². The number of amides is 3. The lowest BCUT2D eigenvalue weighted by Gasteiger charge is -2.20. The van der Waals surface area contributed by atoms with Gasteiger partial charge in [-0.15, -0.1) is 0 Å². The van der Waals surface area contributed by atoms with Crippen molar-refractivity contribution in [2.75, 3.05) is 16.8 Å². The van der Waals surface area contributed by atoms with Gasteiger partial charge in [0.1, 0.15) is 6.54 Å². The van der Waals surface area contributed by atoms with Crippen LogP contribution in [0.25, 0.3) is 0 Å². The maximum Gasteiger partial charge on any atom is 0.263 e. The molecule has 0 saturated carbocycles. The van der Waals surface area contributed by atoms with Gasteiger partial charge in [0.2, 0.25) is 5.91 Å². The molecule has 2 aromatic rings. The van der Waals surface area contributed by atoms with Crippen LogP contribution in [0.5, 0.6) is 0 Å². The molecule has 0 aliphatic carbocycles. The van der Waals surface area contributed by atoms with Crippen molar-refractivity contribution in [3.63, 3.8) is 0 Å². The van der Waals surface area contributed by atoms with Crippen LogP contribution in [0, 0.1) is 13.8 Å². The molecule has 1 N–H and O–H groups in total. The molecule has 0 radical (unpaired) electrons. The van der Waals surface area contributed by atoms with E-state index in [1.165, 1.54) is 5.01 Å². The lowest BCUT2D eigenvalue weighted by atomic mass is 10.1. The molecule has 154 valence electrons. The summed E-state index contributed by atoms with van der Waals surface area (Å²) >= 11 is 12.1. The van der Waals surface area contributed by atoms with Crippen molar-refractivity contribution in [2.24, 2.45) is 10.3 Å². The number of aryl methyl sites for hydroxylation is 2. The van der Waals surface area contributed by atoms with E-state index in [2.05, 4.69) is 15.7 Å². The van der Waals surface area contributed by atoms with E-state index in [4.69, 9.17) is 23.2 Å². The molecule has 2 heterocycles. The van der Waals surface area contributed by atoms with Gasteiger partial charge in [0.25, 0.3) is 11.8 Å². The van der Waals surface area contributed by atoms with Gasteiger partial charge < -0.3 is 5.32 Å². The average Bonchev–Trinajstić information content (AvgIpc) is 3.21. The fraction of sp³-hybridized carbons (Fsp3) is 0.250. The normalized spacial score (nSPS) is 20.1. The molecule has 2 atom stereocenters. The zero-order valence-corrected chi connectivity index (χ0v) is 17.6. The number of imide groups is 1. The lowest BCUT2D eigenvalue weighted by molar-refractivity contribution is -0.123. The number of nitrogens with one attached hydrogen (secondary N) is 1. The Morgan fingerprint density at radius 2 is 1.80 bits per heavy atom. The average molecular weight is 446 g/mol. The summed E-state index contributed by atoms with van der Waals surface area (Å²) in [5.74, 6) is -1.40. The van der Waals surface area contributed by atoms with Crippen LogP contribution >= 0.6 is 23.2 Å². The van der Waals surface area contributed by atoms with Crippen LogP contribution in [0.4, 0.5) is 11.4 Å². The molecule has 2 aliphatic rings. The van der Waals surface area contributed by atoms with Crippen molar-refractivity contribution in [1.82, 2.24) is 5.01 Å². The zero-order chi connectivity index (χ0) is 21.6. The molecule has 0 aromatic heterocycles. The Balaban J connectivity index is 1.51. The van der Waals surface area contributed by atoms with E-state index in [0.29, 0.717) is 21.4 Å². The van der Waals surface area contributed by atoms with E-state index < -0.39 is 29.8 Å². The van der Waals surface area contributed by atoms with Crippen LogP contribution < -0.4 is 10.2 Å². The first-order chi connectivity index (χ1) is 14.3. The molecule has 30 heavy (non-hydrogen) atoms. The van der Waals surface area contributed by atoms with E-state index in [1.54, 1.807) is 36.4 Å². The predicted molar refractivity (Wildman–Crippen MR) is 113 cm³/mol. The van der Waals surface area contributed by atoms with Gasteiger partial charge in [0.05, 0.1) is 5.69 Å². The van der Waals surface area contributed by atoms with Gasteiger partial charge in [-0.25, -0.2) is 4.90 Å². The highest BCUT2D eigenvalue weighted by Crippen LogP contribution is 2.33. The summed E-state index contributed by atoms with van der Waals surface area (Å²) in [6.07, 6.45) is 0. The topological polar surface area (TPSA) is 94.4 Å². The molecule has 4 rings (SSSR count). The minimum Gasteiger partial charge on any atom is -0.324 e. The molecule has 3 amide bonds. The van der Waals surface area contributed by atoms with Crippen LogP contribution in [0.2, 0.25) is 10.0 Å². The largest absolute Gasteiger partial charge is 0.324 e. The Morgan fingerprint density at radius 1 is 1.07 bits per heavy atom. The summed E-state index contributed by atoms with van der Waals surface area (Å²) in [6.45, 7) is 3.42. The highest BCUT2D eigenvalue weighted by atomic mass is 35.5. The Kier molecular flexibility index (Phi) is 5.21. The monoisotopic (exact) mass is 445 g/mol. The number of benzene rings is 2. The maximum absolute atomic E-state index is 13.0. The first-order valence-corrected chi connectivity index (χ1v) is 9.89. The summed E-state index contributed by atoms with van der Waals surface area (Å²) in [7, 11) is 0. The second-order valence-electron chi connectivity index (χ2n) is 7.14. The van der Waals surface area contributed by atoms with Gasteiger partial charge in [-0.1, -0.05) is 40.6 Å². The van der Waals surface area contributed by atoms with Crippen molar-refractivity contribution >= 4 is 52.3 Å². The Bertz CT molecular complexity index is 1100. The number of fused-ring (bicyclic) bond motifs is 1. The number of nitrogens with zero attached hydrogens (tertiary/aromatic N) is 4. The van der Waals surface area contributed by atoms with Crippen molar-refractivity contribution in [3.8, 4) is 0 Å². The minimum absolute atomic E-state index is 0.238. The number of carbonyl (C=O) groups is 3. The maximum atomic E-state index is 13.0. The quantitative estimate of drug-likeness (QED) is 0.727. The van der Waals surface area contributed by atoms with Crippen LogP contribution in [-0.4, -0.2) is 41.4 Å². The van der Waals surface area contributed by atoms with Crippen molar-refractivity contribution in [2.45, 2.75) is 25.9 Å². The van der Waals surface area contributed by atoms with E-state index in [-0.39, 0.29) is 6.54 Å². The number of halogens is 2. The fourth-order valence-electron chi connectivity index (χ4n) is 3.39. The molecule has 0 spiro atoms. The standard InChI is InChI=1S/C20H17Cl2N5O3/c1-10-4-6-13(8-14(10)22)27-19(29)17-18(20(27)30)26(25-24-17)9-16(28)23-15-7-12(21)5-3-11(15)2/h3-8,17-18H,9H2,1-2H3,(H,23,28)/t17-,18+/m0/s1. The zero-order valence-electron chi connectivity index (χ0n) is 16.1. The van der Waals surface area contributed by atoms with E-state index in [0.717, 1.165) is 16.0 Å². The van der Waals surface area contributed by atoms with Crippen LogP contribution in [-0.2, 0) is 14.4 Å². The van der Waals surface area contributed by atoms with Crippen molar-refractivity contribution < 1.29 is 14.4 Å². The second kappa shape index (κ2) is 7.70. The number of rotatable bonds is 4. The van der Waals surface area contributed by atoms with Crippen LogP contribution in [0.1, 0.15) is 11.1 Å². The Morgan fingerprint density at radius 3 is 2.53 bits per heavy atom. The molecule has 1 saturated heterocycles. The molecular formula is C20H17Cl2N5O3. The van der Waals surface area contributed by atoms with Crippen molar-refractivity contribution in [1.29, 1.82) is 0 Å². The Labute approximate surface area is 182 Å². The number of anilines is 2. The minimum atomic E-state index is -0.988. The van der Waals surface area contributed by atoms with E-state index >= 15 is 0 Å². The highest BCUT2D eigenvalue weighted by molar-refractivity contribution is 6.32. The second-order valence-corrected chi connectivity index (χ2v) is 7.99. The van der Waals surface area contributed by atoms with E-state index in [9.17, 15) is 14.4 Å². The first-order valence-electron chi connectivity index (χ1n) is 9.13. The Hall–Kier alpha value is -2.97. The summed E-state index contributed by atoms with van der Waals surface area (Å²) in [6, 6.07) is 8.12. The summed E-state index contributed by atoms with van der Waals surface area (Å²) < 4.78 is 0. The lowest BCUT2D eigenvalue weighted by Crippen LogP contribution is -2.43. The predicted octanol–water partition coefficient (Wildman–Crippen LogP) is 3.54. The van der Waals surface area contributed by atoms with Crippen molar-refractivity contribution in [3.05, 3.63) is 57.6 Å². The van der Waals surface area contributed by atoms with Gasteiger partial charge >= 0.3 is 0 Å².